The van der Waals surface area contributed by atoms with Crippen LogP contribution in [0.4, 0.5) is 4.79 Å². The Bertz CT molecular complexity index is 1160. The zero-order valence-corrected chi connectivity index (χ0v) is 22.4. The predicted octanol–water partition coefficient (Wildman–Crippen LogP) is 5.26. The van der Waals surface area contributed by atoms with Crippen LogP contribution in [0.2, 0.25) is 5.02 Å². The number of benzene rings is 1. The Labute approximate surface area is 208 Å². The molecule has 3 rings (SSSR count). The SMILES string of the molecule is COC(=O)C1=CC[C@@H](Cc2cn(C(=O)OC(C)(C)C)c3cccc(Cl)c23)N([S@](=O)C(C)(C)C)C1. The van der Waals surface area contributed by atoms with Crippen LogP contribution in [-0.4, -0.2) is 55.2 Å². The topological polar surface area (TPSA) is 77.8 Å². The first kappa shape index (κ1) is 26.4. The van der Waals surface area contributed by atoms with Gasteiger partial charge in [-0.3, -0.25) is 4.57 Å². The molecule has 1 aromatic heterocycles. The number of esters is 1. The van der Waals surface area contributed by atoms with Crippen LogP contribution < -0.4 is 0 Å². The van der Waals surface area contributed by atoms with Crippen LogP contribution in [0, 0.1) is 0 Å². The number of fused-ring (bicyclic) bond motifs is 1. The molecule has 0 saturated carbocycles. The lowest BCUT2D eigenvalue weighted by molar-refractivity contribution is -0.136. The van der Waals surface area contributed by atoms with Crippen molar-refractivity contribution >= 4 is 45.6 Å². The lowest BCUT2D eigenvalue weighted by atomic mass is 9.98. The Morgan fingerprint density at radius 1 is 1.18 bits per heavy atom. The van der Waals surface area contributed by atoms with E-state index in [4.69, 9.17) is 21.1 Å². The van der Waals surface area contributed by atoms with E-state index in [2.05, 4.69) is 0 Å². The van der Waals surface area contributed by atoms with E-state index >= 15 is 0 Å². The van der Waals surface area contributed by atoms with Gasteiger partial charge in [-0.15, -0.1) is 0 Å². The number of methoxy groups -OCH3 is 1. The highest BCUT2D eigenvalue weighted by Gasteiger charge is 2.36. The van der Waals surface area contributed by atoms with Crippen molar-refractivity contribution in [2.45, 2.75) is 70.8 Å². The monoisotopic (exact) mass is 508 g/mol. The summed E-state index contributed by atoms with van der Waals surface area (Å²) in [6.45, 7) is 11.4. The zero-order chi connectivity index (χ0) is 25.4. The van der Waals surface area contributed by atoms with E-state index in [0.29, 0.717) is 29.0 Å². The highest BCUT2D eigenvalue weighted by atomic mass is 35.5. The summed E-state index contributed by atoms with van der Waals surface area (Å²) >= 11 is 6.57. The number of rotatable bonds is 4. The average molecular weight is 509 g/mol. The minimum atomic E-state index is -1.37. The maximum Gasteiger partial charge on any atom is 0.419 e. The second kappa shape index (κ2) is 9.84. The molecule has 2 atom stereocenters. The molecule has 0 bridgehead atoms. The summed E-state index contributed by atoms with van der Waals surface area (Å²) in [6, 6.07) is 5.24. The molecule has 0 unspecified atom stereocenters. The Morgan fingerprint density at radius 3 is 2.44 bits per heavy atom. The molecule has 1 aliphatic heterocycles. The summed E-state index contributed by atoms with van der Waals surface area (Å²) in [5.41, 5.74) is 1.35. The molecule has 0 spiro atoms. The van der Waals surface area contributed by atoms with Crippen molar-refractivity contribution in [3.63, 3.8) is 0 Å². The van der Waals surface area contributed by atoms with Crippen molar-refractivity contribution in [1.82, 2.24) is 8.87 Å². The first-order valence-electron chi connectivity index (χ1n) is 11.2. The fraction of sp³-hybridized carbons (Fsp3) is 0.520. The average Bonchev–Trinajstić information content (AvgIpc) is 3.11. The maximum atomic E-state index is 13.4. The van der Waals surface area contributed by atoms with Gasteiger partial charge in [-0.25, -0.2) is 18.1 Å². The summed E-state index contributed by atoms with van der Waals surface area (Å²) in [5, 5.41) is 1.29. The lowest BCUT2D eigenvalue weighted by Gasteiger charge is -2.37. The summed E-state index contributed by atoms with van der Waals surface area (Å²) in [5.74, 6) is -0.418. The highest BCUT2D eigenvalue weighted by molar-refractivity contribution is 7.84. The van der Waals surface area contributed by atoms with Gasteiger partial charge in [-0.1, -0.05) is 23.7 Å². The van der Waals surface area contributed by atoms with Gasteiger partial charge in [0.05, 0.1) is 22.4 Å². The van der Waals surface area contributed by atoms with Gasteiger partial charge in [0, 0.05) is 29.7 Å². The molecule has 0 radical (unpaired) electrons. The highest BCUT2D eigenvalue weighted by Crippen LogP contribution is 2.33. The maximum absolute atomic E-state index is 13.4. The lowest BCUT2D eigenvalue weighted by Crippen LogP contribution is -2.48. The van der Waals surface area contributed by atoms with E-state index in [1.807, 2.05) is 58.0 Å². The van der Waals surface area contributed by atoms with Crippen LogP contribution in [0.25, 0.3) is 10.9 Å². The van der Waals surface area contributed by atoms with Gasteiger partial charge >= 0.3 is 12.1 Å². The van der Waals surface area contributed by atoms with Crippen LogP contribution in [0.15, 0.2) is 36.0 Å². The third kappa shape index (κ3) is 5.73. The largest absolute Gasteiger partial charge is 0.466 e. The summed E-state index contributed by atoms with van der Waals surface area (Å²) in [4.78, 5) is 25.1. The van der Waals surface area contributed by atoms with Crippen molar-refractivity contribution in [3.05, 3.63) is 46.6 Å². The number of carbonyl (C=O) groups excluding carboxylic acids is 2. The Kier molecular flexibility index (Phi) is 7.65. The molecule has 0 amide bonds. The van der Waals surface area contributed by atoms with Crippen LogP contribution in [0.1, 0.15) is 53.5 Å². The third-order valence-corrected chi connectivity index (χ3v) is 7.67. The molecule has 0 N–H and O–H groups in total. The molecule has 2 aromatic rings. The summed E-state index contributed by atoms with van der Waals surface area (Å²) in [7, 11) is -0.0267. The van der Waals surface area contributed by atoms with Gasteiger partial charge in [0.1, 0.15) is 16.6 Å². The van der Waals surface area contributed by atoms with Gasteiger partial charge in [0.15, 0.2) is 0 Å². The molecule has 186 valence electrons. The first-order chi connectivity index (χ1) is 15.7. The van der Waals surface area contributed by atoms with Crippen LogP contribution in [0.3, 0.4) is 0 Å². The normalized spacial score (nSPS) is 18.5. The fourth-order valence-electron chi connectivity index (χ4n) is 3.96. The van der Waals surface area contributed by atoms with Gasteiger partial charge in [0.2, 0.25) is 0 Å². The standard InChI is InChI=1S/C25H33ClN2O5S/c1-24(2,3)33-23(30)27-14-17(21-19(26)9-8-10-20(21)27)13-18-12-11-16(22(29)32-7)15-28(18)34(31)25(4,5)6/h8-11,14,18H,12-13,15H2,1-7H3/t18-,34+/m0/s1. The molecule has 2 heterocycles. The molecule has 34 heavy (non-hydrogen) atoms. The minimum absolute atomic E-state index is 0.164. The minimum Gasteiger partial charge on any atom is -0.466 e. The van der Waals surface area contributed by atoms with Crippen molar-refractivity contribution in [2.75, 3.05) is 13.7 Å². The molecule has 0 saturated heterocycles. The van der Waals surface area contributed by atoms with E-state index in [9.17, 15) is 13.8 Å². The molecule has 0 aliphatic carbocycles. The van der Waals surface area contributed by atoms with Gasteiger partial charge in [-0.2, -0.15) is 0 Å². The number of hydrogen-bond acceptors (Lipinski definition) is 5. The third-order valence-electron chi connectivity index (χ3n) is 5.46. The number of ether oxygens (including phenoxy) is 2. The van der Waals surface area contributed by atoms with Crippen LogP contribution >= 0.6 is 11.6 Å². The first-order valence-corrected chi connectivity index (χ1v) is 12.7. The van der Waals surface area contributed by atoms with E-state index in [1.165, 1.54) is 11.7 Å². The molecular formula is C25H33ClN2O5S. The number of halogens is 1. The fourth-order valence-corrected chi connectivity index (χ4v) is 5.64. The van der Waals surface area contributed by atoms with E-state index in [-0.39, 0.29) is 12.6 Å². The number of hydrogen-bond donors (Lipinski definition) is 0. The Hall–Kier alpha value is -2.16. The van der Waals surface area contributed by atoms with Gasteiger partial charge < -0.3 is 9.47 Å². The van der Waals surface area contributed by atoms with E-state index < -0.39 is 33.4 Å². The molecule has 1 aliphatic rings. The van der Waals surface area contributed by atoms with Crippen molar-refractivity contribution < 1.29 is 23.3 Å². The summed E-state index contributed by atoms with van der Waals surface area (Å²) in [6.07, 6.45) is 4.11. The smallest absolute Gasteiger partial charge is 0.419 e. The van der Waals surface area contributed by atoms with Crippen LogP contribution in [0.5, 0.6) is 0 Å². The van der Waals surface area contributed by atoms with Gasteiger partial charge in [-0.05, 0) is 72.1 Å². The zero-order valence-electron chi connectivity index (χ0n) is 20.8. The number of carbonyl (C=O) groups is 2. The van der Waals surface area contributed by atoms with E-state index in [0.717, 1.165) is 10.9 Å². The molecule has 0 fully saturated rings. The molecular weight excluding hydrogens is 476 g/mol. The second-order valence-corrected chi connectivity index (χ2v) is 13.0. The number of nitrogens with zero attached hydrogens (tertiary/aromatic N) is 2. The molecule has 1 aromatic carbocycles. The second-order valence-electron chi connectivity index (χ2n) is 10.4. The predicted molar refractivity (Wildman–Crippen MR) is 135 cm³/mol. The molecule has 7 nitrogen and oxygen atoms in total. The van der Waals surface area contributed by atoms with Crippen molar-refractivity contribution in [1.29, 1.82) is 0 Å². The number of aromatic nitrogens is 1. The Morgan fingerprint density at radius 2 is 1.85 bits per heavy atom. The van der Waals surface area contributed by atoms with Crippen LogP contribution in [-0.2, 0) is 31.7 Å². The summed E-state index contributed by atoms with van der Waals surface area (Å²) < 4.78 is 26.7. The van der Waals surface area contributed by atoms with E-state index in [1.54, 1.807) is 18.3 Å². The molecule has 9 heteroatoms. The quantitative estimate of drug-likeness (QED) is 0.527. The van der Waals surface area contributed by atoms with Crippen molar-refractivity contribution in [2.24, 2.45) is 0 Å². The van der Waals surface area contributed by atoms with Gasteiger partial charge in [0.25, 0.3) is 0 Å². The Balaban J connectivity index is 2.04. The van der Waals surface area contributed by atoms with Crippen molar-refractivity contribution in [3.8, 4) is 0 Å².